The Morgan fingerprint density at radius 2 is 2.03 bits per heavy atom. The van der Waals surface area contributed by atoms with E-state index in [9.17, 15) is 14.4 Å². The van der Waals surface area contributed by atoms with Gasteiger partial charge in [0.05, 0.1) is 5.69 Å². The van der Waals surface area contributed by atoms with E-state index in [-0.39, 0.29) is 23.8 Å². The number of ether oxygens (including phenoxy) is 2. The number of benzene rings is 2. The molecule has 1 aromatic heterocycles. The predicted octanol–water partition coefficient (Wildman–Crippen LogP) is 1.74. The second kappa shape index (κ2) is 8.57. The van der Waals surface area contributed by atoms with E-state index < -0.39 is 18.4 Å². The summed E-state index contributed by atoms with van der Waals surface area (Å²) >= 11 is 0. The minimum atomic E-state index is -0.762. The van der Waals surface area contributed by atoms with Crippen molar-refractivity contribution in [3.8, 4) is 5.75 Å². The molecule has 156 valence electrons. The molecule has 0 saturated carbocycles. The van der Waals surface area contributed by atoms with Crippen LogP contribution in [-0.2, 0) is 14.3 Å². The Bertz CT molecular complexity index is 1190. The highest BCUT2D eigenvalue weighted by Crippen LogP contribution is 2.28. The largest absolute Gasteiger partial charge is 0.482 e. The van der Waals surface area contributed by atoms with Gasteiger partial charge in [0, 0.05) is 5.56 Å². The van der Waals surface area contributed by atoms with Crippen molar-refractivity contribution in [2.45, 2.75) is 6.92 Å². The molecule has 0 atom stereocenters. The maximum absolute atomic E-state index is 12.8. The van der Waals surface area contributed by atoms with Crippen molar-refractivity contribution in [3.05, 3.63) is 65.5 Å². The first-order chi connectivity index (χ1) is 15.0. The minimum Gasteiger partial charge on any atom is -0.482 e. The number of aryl methyl sites for hydroxylation is 1. The Labute approximate surface area is 176 Å². The molecule has 10 heteroatoms. The summed E-state index contributed by atoms with van der Waals surface area (Å²) in [4.78, 5) is 36.8. The number of hydrogen-bond donors (Lipinski definition) is 1. The highest BCUT2D eigenvalue weighted by atomic mass is 16.5. The fourth-order valence-electron chi connectivity index (χ4n) is 2.91. The van der Waals surface area contributed by atoms with Gasteiger partial charge in [-0.3, -0.25) is 9.59 Å². The van der Waals surface area contributed by atoms with Gasteiger partial charge in [-0.05, 0) is 47.2 Å². The number of fused-ring (bicyclic) bond motifs is 1. The van der Waals surface area contributed by atoms with Crippen molar-refractivity contribution in [2.24, 2.45) is 0 Å². The number of amides is 1. The Morgan fingerprint density at radius 1 is 1.23 bits per heavy atom. The quantitative estimate of drug-likeness (QED) is 0.364. The lowest BCUT2D eigenvalue weighted by Crippen LogP contribution is -2.25. The van der Waals surface area contributed by atoms with Crippen LogP contribution in [0.4, 0.5) is 5.69 Å². The van der Waals surface area contributed by atoms with Gasteiger partial charge in [0.15, 0.2) is 30.5 Å². The van der Waals surface area contributed by atoms with E-state index in [1.807, 2.05) is 30.3 Å². The van der Waals surface area contributed by atoms with Crippen molar-refractivity contribution in [3.63, 3.8) is 0 Å². The van der Waals surface area contributed by atoms with E-state index in [0.29, 0.717) is 17.3 Å². The number of Topliss-reactive ketones (excluding diaryl/α,β-unsaturated/α-hetero) is 1. The Kier molecular flexibility index (Phi) is 5.52. The maximum atomic E-state index is 12.8. The smallest absolute Gasteiger partial charge is 0.357 e. The Morgan fingerprint density at radius 3 is 2.77 bits per heavy atom. The first kappa shape index (κ1) is 20.0. The molecule has 1 N–H and O–H groups in total. The Hall–Kier alpha value is -4.34. The first-order valence-electron chi connectivity index (χ1n) is 9.30. The van der Waals surface area contributed by atoms with Crippen LogP contribution in [0.2, 0.25) is 0 Å². The third kappa shape index (κ3) is 4.47. The normalized spacial score (nSPS) is 13.1. The average Bonchev–Trinajstić information content (AvgIpc) is 3.21. The number of carbonyl (C=O) groups is 3. The zero-order chi connectivity index (χ0) is 21.8. The number of rotatable bonds is 6. The van der Waals surface area contributed by atoms with Crippen molar-refractivity contribution >= 4 is 35.1 Å². The summed E-state index contributed by atoms with van der Waals surface area (Å²) in [6, 6.07) is 13.7. The second-order valence-corrected chi connectivity index (χ2v) is 6.63. The van der Waals surface area contributed by atoms with Crippen LogP contribution in [0.3, 0.4) is 0 Å². The molecule has 10 nitrogen and oxygen atoms in total. The number of ketones is 1. The summed E-state index contributed by atoms with van der Waals surface area (Å²) in [6.45, 7) is 1.06. The van der Waals surface area contributed by atoms with E-state index in [4.69, 9.17) is 9.47 Å². The molecule has 0 radical (unpaired) electrons. The highest BCUT2D eigenvalue weighted by molar-refractivity contribution is 6.16. The van der Waals surface area contributed by atoms with Gasteiger partial charge in [0.1, 0.15) is 5.75 Å². The molecule has 2 heterocycles. The van der Waals surface area contributed by atoms with E-state index in [0.717, 1.165) is 5.56 Å². The van der Waals surface area contributed by atoms with Crippen LogP contribution >= 0.6 is 0 Å². The summed E-state index contributed by atoms with van der Waals surface area (Å²) < 4.78 is 11.8. The van der Waals surface area contributed by atoms with Crippen LogP contribution in [0, 0.1) is 6.92 Å². The second-order valence-electron chi connectivity index (χ2n) is 6.63. The van der Waals surface area contributed by atoms with Crippen LogP contribution in [0.1, 0.15) is 21.7 Å². The molecular formula is C21H17N5O5. The lowest BCUT2D eigenvalue weighted by Gasteiger charge is -2.18. The molecule has 0 spiro atoms. The van der Waals surface area contributed by atoms with E-state index in [2.05, 4.69) is 20.8 Å². The molecular weight excluding hydrogens is 402 g/mol. The Balaban J connectivity index is 1.51. The molecule has 0 bridgehead atoms. The van der Waals surface area contributed by atoms with Crippen LogP contribution in [0.15, 0.2) is 48.5 Å². The fraction of sp³-hybridized carbons (Fsp3) is 0.143. The highest BCUT2D eigenvalue weighted by Gasteiger charge is 2.21. The standard InChI is InChI=1S/C21H17N5O5/c1-13-23-24-25-26(13)17(9-14-5-3-2-4-6-14)21(29)31-11-18(27)15-7-8-19-16(10-15)22-20(28)12-30-19/h2-10H,11-12H2,1H3,(H,22,28). The number of carbonyl (C=O) groups excluding carboxylic acids is 3. The third-order valence-corrected chi connectivity index (χ3v) is 4.43. The zero-order valence-electron chi connectivity index (χ0n) is 16.4. The monoisotopic (exact) mass is 419 g/mol. The molecule has 31 heavy (non-hydrogen) atoms. The molecule has 3 aromatic rings. The van der Waals surface area contributed by atoms with Crippen LogP contribution < -0.4 is 10.1 Å². The van der Waals surface area contributed by atoms with E-state index in [1.54, 1.807) is 25.1 Å². The first-order valence-corrected chi connectivity index (χ1v) is 9.30. The van der Waals surface area contributed by atoms with Gasteiger partial charge in [0.25, 0.3) is 5.91 Å². The SMILES string of the molecule is Cc1nnnn1C(=Cc1ccccc1)C(=O)OCC(=O)c1ccc2c(c1)NC(=O)CO2. The molecule has 0 unspecified atom stereocenters. The maximum Gasteiger partial charge on any atom is 0.357 e. The number of nitrogens with one attached hydrogen (secondary N) is 1. The summed E-state index contributed by atoms with van der Waals surface area (Å²) in [7, 11) is 0. The van der Waals surface area contributed by atoms with Gasteiger partial charge >= 0.3 is 5.97 Å². The van der Waals surface area contributed by atoms with Crippen molar-refractivity contribution in [2.75, 3.05) is 18.5 Å². The molecule has 1 amide bonds. The van der Waals surface area contributed by atoms with Gasteiger partial charge in [-0.25, -0.2) is 4.79 Å². The number of hydrogen-bond acceptors (Lipinski definition) is 8. The summed E-state index contributed by atoms with van der Waals surface area (Å²) in [5, 5.41) is 13.8. The predicted molar refractivity (Wildman–Crippen MR) is 109 cm³/mol. The number of esters is 1. The molecule has 4 rings (SSSR count). The molecule has 2 aromatic carbocycles. The van der Waals surface area contributed by atoms with Crippen molar-refractivity contribution in [1.82, 2.24) is 20.2 Å². The van der Waals surface area contributed by atoms with Gasteiger partial charge in [-0.1, -0.05) is 30.3 Å². The van der Waals surface area contributed by atoms with E-state index in [1.165, 1.54) is 10.7 Å². The fourth-order valence-corrected chi connectivity index (χ4v) is 2.91. The summed E-state index contributed by atoms with van der Waals surface area (Å²) in [5.74, 6) is -0.659. The average molecular weight is 419 g/mol. The molecule has 0 saturated heterocycles. The molecule has 0 fully saturated rings. The van der Waals surface area contributed by atoms with Gasteiger partial charge in [0.2, 0.25) is 0 Å². The molecule has 0 aliphatic carbocycles. The number of aromatic nitrogens is 4. The minimum absolute atomic E-state index is 0.0626. The van der Waals surface area contributed by atoms with Crippen LogP contribution in [-0.4, -0.2) is 51.1 Å². The van der Waals surface area contributed by atoms with Gasteiger partial charge in [-0.15, -0.1) is 5.10 Å². The molecule has 1 aliphatic rings. The summed E-state index contributed by atoms with van der Waals surface area (Å²) in [5.41, 5.74) is 1.46. The lowest BCUT2D eigenvalue weighted by molar-refractivity contribution is -0.136. The number of anilines is 1. The van der Waals surface area contributed by atoms with Crippen LogP contribution in [0.5, 0.6) is 5.75 Å². The van der Waals surface area contributed by atoms with E-state index >= 15 is 0 Å². The van der Waals surface area contributed by atoms with Crippen molar-refractivity contribution < 1.29 is 23.9 Å². The van der Waals surface area contributed by atoms with Gasteiger partial charge < -0.3 is 14.8 Å². The lowest BCUT2D eigenvalue weighted by atomic mass is 10.1. The number of nitrogens with zero attached hydrogens (tertiary/aromatic N) is 4. The molecule has 1 aliphatic heterocycles. The van der Waals surface area contributed by atoms with Crippen LogP contribution in [0.25, 0.3) is 11.8 Å². The van der Waals surface area contributed by atoms with Gasteiger partial charge in [-0.2, -0.15) is 4.68 Å². The topological polar surface area (TPSA) is 125 Å². The summed E-state index contributed by atoms with van der Waals surface area (Å²) in [6.07, 6.45) is 1.57. The number of tetrazole rings is 1. The zero-order valence-corrected chi connectivity index (χ0v) is 16.4. The third-order valence-electron chi connectivity index (χ3n) is 4.43. The van der Waals surface area contributed by atoms with Crippen molar-refractivity contribution in [1.29, 1.82) is 0 Å².